The Morgan fingerprint density at radius 1 is 1.17 bits per heavy atom. The Balaban J connectivity index is 0.00000264. The molecule has 1 aromatic rings. The molecule has 0 atom stereocenters. The average molecular weight is 431 g/mol. The van der Waals surface area contributed by atoms with Crippen LogP contribution in [0.3, 0.4) is 0 Å². The highest BCUT2D eigenvalue weighted by Crippen LogP contribution is 2.46. The highest BCUT2D eigenvalue weighted by atomic mass is 127. The number of benzene rings is 1. The van der Waals surface area contributed by atoms with Crippen LogP contribution in [0.2, 0.25) is 0 Å². The summed E-state index contributed by atoms with van der Waals surface area (Å²) in [7, 11) is 3.57. The zero-order valence-electron chi connectivity index (χ0n) is 15.1. The van der Waals surface area contributed by atoms with E-state index in [-0.39, 0.29) is 29.5 Å². The molecule has 1 saturated heterocycles. The molecule has 0 spiro atoms. The molecule has 5 heteroatoms. The summed E-state index contributed by atoms with van der Waals surface area (Å²) in [5, 5.41) is 3.48. The molecule has 1 fully saturated rings. The third-order valence-corrected chi connectivity index (χ3v) is 5.14. The molecule has 1 aliphatic rings. The van der Waals surface area contributed by atoms with E-state index < -0.39 is 0 Å². The normalized spacial score (nSPS) is 18.9. The second-order valence-electron chi connectivity index (χ2n) is 7.18. The first-order chi connectivity index (χ1) is 10.3. The van der Waals surface area contributed by atoms with Crippen molar-refractivity contribution in [1.82, 2.24) is 10.2 Å². The molecule has 0 saturated carbocycles. The van der Waals surface area contributed by atoms with Crippen LogP contribution in [-0.4, -0.2) is 37.1 Å². The standard InChI is InChI=1S/C18H29N3O.HI/c1-17(2)13-21(18(17,3)4)16(19-5)20-11-14-7-9-15(10-8-14)12-22-6;/h7-10H,11-13H2,1-6H3,(H,19,20);1H. The van der Waals surface area contributed by atoms with Gasteiger partial charge >= 0.3 is 0 Å². The molecule has 0 radical (unpaired) electrons. The van der Waals surface area contributed by atoms with Crippen molar-refractivity contribution in [1.29, 1.82) is 0 Å². The maximum absolute atomic E-state index is 5.14. The van der Waals surface area contributed by atoms with Crippen LogP contribution in [0.1, 0.15) is 38.8 Å². The van der Waals surface area contributed by atoms with Crippen LogP contribution in [-0.2, 0) is 17.9 Å². The van der Waals surface area contributed by atoms with Gasteiger partial charge in [0.1, 0.15) is 0 Å². The van der Waals surface area contributed by atoms with Gasteiger partial charge in [0.25, 0.3) is 0 Å². The predicted octanol–water partition coefficient (Wildman–Crippen LogP) is 3.65. The zero-order valence-corrected chi connectivity index (χ0v) is 17.5. The van der Waals surface area contributed by atoms with Gasteiger partial charge in [-0.05, 0) is 25.0 Å². The maximum Gasteiger partial charge on any atom is 0.194 e. The van der Waals surface area contributed by atoms with Crippen molar-refractivity contribution in [2.45, 2.75) is 46.4 Å². The van der Waals surface area contributed by atoms with Gasteiger partial charge in [-0.2, -0.15) is 0 Å². The van der Waals surface area contributed by atoms with E-state index in [1.54, 1.807) is 7.11 Å². The van der Waals surface area contributed by atoms with Crippen LogP contribution in [0.15, 0.2) is 29.3 Å². The number of methoxy groups -OCH3 is 1. The number of nitrogens with one attached hydrogen (secondary N) is 1. The summed E-state index contributed by atoms with van der Waals surface area (Å²) < 4.78 is 5.14. The topological polar surface area (TPSA) is 36.9 Å². The minimum absolute atomic E-state index is 0. The van der Waals surface area contributed by atoms with Crippen molar-refractivity contribution in [3.05, 3.63) is 35.4 Å². The van der Waals surface area contributed by atoms with Gasteiger partial charge in [-0.15, -0.1) is 24.0 Å². The molecule has 1 aromatic carbocycles. The molecule has 2 rings (SSSR count). The van der Waals surface area contributed by atoms with E-state index in [0.717, 1.165) is 19.0 Å². The van der Waals surface area contributed by atoms with Crippen LogP contribution in [0.25, 0.3) is 0 Å². The minimum Gasteiger partial charge on any atom is -0.380 e. The lowest BCUT2D eigenvalue weighted by atomic mass is 9.65. The first-order valence-corrected chi connectivity index (χ1v) is 7.87. The molecule has 0 aliphatic carbocycles. The molecule has 1 N–H and O–H groups in total. The first-order valence-electron chi connectivity index (χ1n) is 7.87. The second-order valence-corrected chi connectivity index (χ2v) is 7.18. The Morgan fingerprint density at radius 3 is 2.17 bits per heavy atom. The quantitative estimate of drug-likeness (QED) is 0.449. The van der Waals surface area contributed by atoms with E-state index in [2.05, 4.69) is 67.2 Å². The molecule has 0 bridgehead atoms. The fourth-order valence-corrected chi connectivity index (χ4v) is 2.80. The number of hydrogen-bond donors (Lipinski definition) is 1. The Morgan fingerprint density at radius 2 is 1.74 bits per heavy atom. The summed E-state index contributed by atoms with van der Waals surface area (Å²) in [6.45, 7) is 11.7. The summed E-state index contributed by atoms with van der Waals surface area (Å²) in [6.07, 6.45) is 0. The number of hydrogen-bond acceptors (Lipinski definition) is 2. The van der Waals surface area contributed by atoms with Gasteiger partial charge in [-0.3, -0.25) is 4.99 Å². The Labute approximate surface area is 157 Å². The van der Waals surface area contributed by atoms with Crippen LogP contribution in [0.5, 0.6) is 0 Å². The molecule has 130 valence electrons. The maximum atomic E-state index is 5.14. The molecule has 4 nitrogen and oxygen atoms in total. The molecule has 0 aromatic heterocycles. The number of nitrogens with zero attached hydrogens (tertiary/aromatic N) is 2. The van der Waals surface area contributed by atoms with Crippen LogP contribution in [0, 0.1) is 5.41 Å². The monoisotopic (exact) mass is 431 g/mol. The number of guanidine groups is 1. The highest BCUT2D eigenvalue weighted by Gasteiger charge is 2.53. The van der Waals surface area contributed by atoms with Crippen molar-refractivity contribution >= 4 is 29.9 Å². The van der Waals surface area contributed by atoms with E-state index in [1.807, 2.05) is 7.05 Å². The summed E-state index contributed by atoms with van der Waals surface area (Å²) in [6, 6.07) is 8.50. The van der Waals surface area contributed by atoms with Crippen molar-refractivity contribution in [3.63, 3.8) is 0 Å². The van der Waals surface area contributed by atoms with Crippen LogP contribution >= 0.6 is 24.0 Å². The molecule has 1 aliphatic heterocycles. The first kappa shape index (κ1) is 20.2. The van der Waals surface area contributed by atoms with E-state index >= 15 is 0 Å². The zero-order chi connectivity index (χ0) is 16.4. The second kappa shape index (κ2) is 7.83. The summed E-state index contributed by atoms with van der Waals surface area (Å²) in [5.74, 6) is 0.977. The van der Waals surface area contributed by atoms with Crippen molar-refractivity contribution < 1.29 is 4.74 Å². The van der Waals surface area contributed by atoms with Gasteiger partial charge in [0, 0.05) is 38.2 Å². The van der Waals surface area contributed by atoms with E-state index in [0.29, 0.717) is 12.0 Å². The van der Waals surface area contributed by atoms with Gasteiger partial charge in [0.15, 0.2) is 5.96 Å². The molecule has 0 amide bonds. The lowest BCUT2D eigenvalue weighted by Crippen LogP contribution is -2.72. The van der Waals surface area contributed by atoms with Gasteiger partial charge in [-0.25, -0.2) is 0 Å². The third-order valence-electron chi connectivity index (χ3n) is 5.14. The number of halogens is 1. The number of aliphatic imine (C=N–C) groups is 1. The van der Waals surface area contributed by atoms with Gasteiger partial charge in [0.2, 0.25) is 0 Å². The fourth-order valence-electron chi connectivity index (χ4n) is 2.80. The highest BCUT2D eigenvalue weighted by molar-refractivity contribution is 14.0. The van der Waals surface area contributed by atoms with Crippen molar-refractivity contribution in [2.75, 3.05) is 20.7 Å². The third kappa shape index (κ3) is 4.18. The lowest BCUT2D eigenvalue weighted by molar-refractivity contribution is -0.0667. The molecule has 1 heterocycles. The van der Waals surface area contributed by atoms with Crippen LogP contribution in [0.4, 0.5) is 0 Å². The van der Waals surface area contributed by atoms with E-state index in [9.17, 15) is 0 Å². The smallest absolute Gasteiger partial charge is 0.194 e. The van der Waals surface area contributed by atoms with Crippen molar-refractivity contribution in [2.24, 2.45) is 10.4 Å². The lowest BCUT2D eigenvalue weighted by Gasteiger charge is -2.62. The molecule has 0 unspecified atom stereocenters. The predicted molar refractivity (Wildman–Crippen MR) is 107 cm³/mol. The fraction of sp³-hybridized carbons (Fsp3) is 0.611. The van der Waals surface area contributed by atoms with E-state index in [4.69, 9.17) is 4.74 Å². The molecular formula is C18H30IN3O. The Kier molecular flexibility index (Phi) is 6.89. The number of ether oxygens (including phenoxy) is 1. The summed E-state index contributed by atoms with van der Waals surface area (Å²) in [4.78, 5) is 6.80. The summed E-state index contributed by atoms with van der Waals surface area (Å²) >= 11 is 0. The number of likely N-dealkylation sites (tertiary alicyclic amines) is 1. The number of rotatable bonds is 4. The SMILES string of the molecule is CN=C(NCc1ccc(COC)cc1)N1CC(C)(C)C1(C)C.I. The molecule has 23 heavy (non-hydrogen) atoms. The van der Waals surface area contributed by atoms with Gasteiger partial charge in [0.05, 0.1) is 6.61 Å². The minimum atomic E-state index is 0. The van der Waals surface area contributed by atoms with Gasteiger partial charge < -0.3 is 15.0 Å². The van der Waals surface area contributed by atoms with Crippen LogP contribution < -0.4 is 5.32 Å². The largest absolute Gasteiger partial charge is 0.380 e. The summed E-state index contributed by atoms with van der Waals surface area (Å²) in [5.41, 5.74) is 2.88. The Hall–Kier alpha value is -0.820. The molecular weight excluding hydrogens is 401 g/mol. The van der Waals surface area contributed by atoms with Crippen molar-refractivity contribution in [3.8, 4) is 0 Å². The van der Waals surface area contributed by atoms with Gasteiger partial charge in [-0.1, -0.05) is 38.1 Å². The van der Waals surface area contributed by atoms with E-state index in [1.165, 1.54) is 11.1 Å². The average Bonchev–Trinajstić information content (AvgIpc) is 2.48. The Bertz CT molecular complexity index is 538.